The number of nitrogens with one attached hydrogen (secondary N) is 2. The van der Waals surface area contributed by atoms with Crippen molar-refractivity contribution in [2.24, 2.45) is 0 Å². The molecule has 0 aliphatic rings. The van der Waals surface area contributed by atoms with Crippen LogP contribution >= 0.6 is 23.2 Å². The molecule has 0 spiro atoms. The Bertz CT molecular complexity index is 993. The molecule has 0 radical (unpaired) electrons. The fourth-order valence-corrected chi connectivity index (χ4v) is 2.59. The minimum Gasteiger partial charge on any atom is -0.306 e. The molecular formula is C15H13Cl2N5O2. The van der Waals surface area contributed by atoms with Crippen molar-refractivity contribution in [3.8, 4) is 0 Å². The maximum atomic E-state index is 12.4. The highest BCUT2D eigenvalue weighted by Crippen LogP contribution is 2.22. The molecule has 2 N–H and O–H groups in total. The van der Waals surface area contributed by atoms with E-state index in [4.69, 9.17) is 23.2 Å². The molecule has 0 saturated carbocycles. The molecule has 9 heteroatoms. The molecule has 0 aliphatic carbocycles. The Kier molecular flexibility index (Phi) is 4.29. The highest BCUT2D eigenvalue weighted by molar-refractivity contribution is 6.37. The maximum absolute atomic E-state index is 12.4. The fraction of sp³-hybridized carbons (Fsp3) is 0.200. The predicted molar refractivity (Wildman–Crippen MR) is 92.1 cm³/mol. The number of hydrogen-bond acceptors (Lipinski definition) is 4. The van der Waals surface area contributed by atoms with Crippen LogP contribution in [0.3, 0.4) is 0 Å². The monoisotopic (exact) mass is 365 g/mol. The molecule has 1 aromatic carbocycles. The van der Waals surface area contributed by atoms with Gasteiger partial charge in [0.2, 0.25) is 5.78 Å². The Labute approximate surface area is 146 Å². The largest absolute Gasteiger partial charge is 0.306 e. The van der Waals surface area contributed by atoms with Gasteiger partial charge in [0.05, 0.1) is 10.6 Å². The maximum Gasteiger partial charge on any atom is 0.258 e. The van der Waals surface area contributed by atoms with Crippen LogP contribution in [0.5, 0.6) is 0 Å². The van der Waals surface area contributed by atoms with Crippen LogP contribution in [0.2, 0.25) is 10.0 Å². The summed E-state index contributed by atoms with van der Waals surface area (Å²) in [6.07, 6.45) is 0. The molecule has 0 unspecified atom stereocenters. The van der Waals surface area contributed by atoms with Gasteiger partial charge >= 0.3 is 0 Å². The highest BCUT2D eigenvalue weighted by Gasteiger charge is 2.16. The third kappa shape index (κ3) is 3.13. The van der Waals surface area contributed by atoms with Crippen LogP contribution in [0.1, 0.15) is 35.9 Å². The zero-order valence-corrected chi connectivity index (χ0v) is 14.3. The van der Waals surface area contributed by atoms with Crippen molar-refractivity contribution < 1.29 is 4.79 Å². The van der Waals surface area contributed by atoms with Crippen molar-refractivity contribution >= 4 is 40.7 Å². The summed E-state index contributed by atoms with van der Waals surface area (Å²) in [5.41, 5.74) is -0.165. The Morgan fingerprint density at radius 2 is 2.04 bits per heavy atom. The summed E-state index contributed by atoms with van der Waals surface area (Å²) in [6.45, 7) is 3.86. The number of aromatic amines is 1. The normalized spacial score (nSPS) is 11.2. The van der Waals surface area contributed by atoms with Gasteiger partial charge in [-0.05, 0) is 18.2 Å². The highest BCUT2D eigenvalue weighted by atomic mass is 35.5. The zero-order chi connectivity index (χ0) is 17.4. The Morgan fingerprint density at radius 3 is 2.71 bits per heavy atom. The van der Waals surface area contributed by atoms with E-state index in [1.807, 2.05) is 13.8 Å². The van der Waals surface area contributed by atoms with Gasteiger partial charge in [-0.25, -0.2) is 0 Å². The lowest BCUT2D eigenvalue weighted by molar-refractivity contribution is 0.102. The van der Waals surface area contributed by atoms with Gasteiger partial charge in [-0.2, -0.15) is 9.50 Å². The Morgan fingerprint density at radius 1 is 1.29 bits per heavy atom. The molecular weight excluding hydrogens is 353 g/mol. The molecule has 0 fully saturated rings. The van der Waals surface area contributed by atoms with Crippen molar-refractivity contribution in [1.82, 2.24) is 19.6 Å². The standard InChI is InChI=1S/C15H13Cl2N5O2/c1-7(2)13-20-15-19-12(23)6-11(22(15)21-13)18-14(24)9-4-3-8(16)5-10(9)17/h3-7H,1-2H3,(H,18,24)(H,19,20,21,23). The van der Waals surface area contributed by atoms with Crippen LogP contribution in [-0.4, -0.2) is 25.5 Å². The molecule has 0 saturated heterocycles. The van der Waals surface area contributed by atoms with E-state index >= 15 is 0 Å². The average Bonchev–Trinajstić information content (AvgIpc) is 2.91. The van der Waals surface area contributed by atoms with Gasteiger partial charge in [-0.3, -0.25) is 14.6 Å². The van der Waals surface area contributed by atoms with E-state index in [9.17, 15) is 9.59 Å². The number of nitrogens with zero attached hydrogens (tertiary/aromatic N) is 3. The molecule has 1 amide bonds. The zero-order valence-electron chi connectivity index (χ0n) is 12.8. The lowest BCUT2D eigenvalue weighted by Gasteiger charge is -2.08. The van der Waals surface area contributed by atoms with Crippen LogP contribution in [0.4, 0.5) is 5.82 Å². The van der Waals surface area contributed by atoms with Crippen molar-refractivity contribution in [1.29, 1.82) is 0 Å². The van der Waals surface area contributed by atoms with Gasteiger partial charge in [0.25, 0.3) is 11.5 Å². The summed E-state index contributed by atoms with van der Waals surface area (Å²) in [5, 5.41) is 7.57. The number of benzene rings is 1. The molecule has 3 aromatic rings. The summed E-state index contributed by atoms with van der Waals surface area (Å²) in [7, 11) is 0. The molecule has 2 heterocycles. The number of amides is 1. The second-order valence-electron chi connectivity index (χ2n) is 5.46. The van der Waals surface area contributed by atoms with E-state index in [2.05, 4.69) is 20.4 Å². The molecule has 124 valence electrons. The molecule has 24 heavy (non-hydrogen) atoms. The molecule has 0 aliphatic heterocycles. The van der Waals surface area contributed by atoms with Crippen LogP contribution in [0.25, 0.3) is 5.78 Å². The molecule has 0 bridgehead atoms. The SMILES string of the molecule is CC(C)c1nc2[nH]c(=O)cc(NC(=O)c3ccc(Cl)cc3Cl)n2n1. The van der Waals surface area contributed by atoms with E-state index in [0.29, 0.717) is 10.8 Å². The lowest BCUT2D eigenvalue weighted by atomic mass is 10.2. The quantitative estimate of drug-likeness (QED) is 0.745. The summed E-state index contributed by atoms with van der Waals surface area (Å²) < 4.78 is 1.37. The fourth-order valence-electron chi connectivity index (χ4n) is 2.10. The van der Waals surface area contributed by atoms with E-state index in [1.165, 1.54) is 22.7 Å². The number of rotatable bonds is 3. The first-order valence-electron chi connectivity index (χ1n) is 7.11. The molecule has 2 aromatic heterocycles. The minimum atomic E-state index is -0.481. The second-order valence-corrected chi connectivity index (χ2v) is 6.30. The van der Waals surface area contributed by atoms with Gasteiger partial charge in [0, 0.05) is 17.0 Å². The predicted octanol–water partition coefficient (Wildman–Crippen LogP) is 3.10. The smallest absolute Gasteiger partial charge is 0.258 e. The second kappa shape index (κ2) is 6.26. The number of carbonyl (C=O) groups is 1. The molecule has 3 rings (SSSR count). The van der Waals surface area contributed by atoms with Crippen molar-refractivity contribution in [2.45, 2.75) is 19.8 Å². The van der Waals surface area contributed by atoms with Crippen molar-refractivity contribution in [3.63, 3.8) is 0 Å². The van der Waals surface area contributed by atoms with Crippen molar-refractivity contribution in [2.75, 3.05) is 5.32 Å². The van der Waals surface area contributed by atoms with E-state index < -0.39 is 11.5 Å². The third-order valence-electron chi connectivity index (χ3n) is 3.29. The first-order chi connectivity index (χ1) is 11.3. The van der Waals surface area contributed by atoms with Gasteiger partial charge in [0.15, 0.2) is 5.82 Å². The molecule has 0 atom stereocenters. The number of halogens is 2. The summed E-state index contributed by atoms with van der Waals surface area (Å²) in [6, 6.07) is 5.76. The van der Waals surface area contributed by atoms with Crippen LogP contribution in [0, 0.1) is 0 Å². The van der Waals surface area contributed by atoms with Crippen LogP contribution in [0.15, 0.2) is 29.1 Å². The van der Waals surface area contributed by atoms with Gasteiger partial charge < -0.3 is 5.32 Å². The van der Waals surface area contributed by atoms with Gasteiger partial charge in [0.1, 0.15) is 5.82 Å². The summed E-state index contributed by atoms with van der Waals surface area (Å²) in [4.78, 5) is 31.0. The van der Waals surface area contributed by atoms with E-state index in [0.717, 1.165) is 0 Å². The van der Waals surface area contributed by atoms with E-state index in [1.54, 1.807) is 6.07 Å². The number of hydrogen-bond donors (Lipinski definition) is 2. The van der Waals surface area contributed by atoms with Gasteiger partial charge in [-0.1, -0.05) is 37.0 Å². The number of anilines is 1. The molecule has 7 nitrogen and oxygen atoms in total. The Balaban J connectivity index is 2.03. The lowest BCUT2D eigenvalue weighted by Crippen LogP contribution is -2.19. The van der Waals surface area contributed by atoms with Crippen LogP contribution < -0.4 is 10.9 Å². The number of carbonyl (C=O) groups excluding carboxylic acids is 1. The van der Waals surface area contributed by atoms with Gasteiger partial charge in [-0.15, -0.1) is 5.10 Å². The third-order valence-corrected chi connectivity index (χ3v) is 3.84. The van der Waals surface area contributed by atoms with Crippen LogP contribution in [-0.2, 0) is 0 Å². The summed E-state index contributed by atoms with van der Waals surface area (Å²) >= 11 is 11.9. The first-order valence-corrected chi connectivity index (χ1v) is 7.87. The summed E-state index contributed by atoms with van der Waals surface area (Å²) in [5.74, 6) is 0.595. The average molecular weight is 366 g/mol. The first kappa shape index (κ1) is 16.5. The minimum absolute atomic E-state index is 0.0719. The topological polar surface area (TPSA) is 92.1 Å². The number of fused-ring (bicyclic) bond motifs is 1. The number of H-pyrrole nitrogens is 1. The van der Waals surface area contributed by atoms with E-state index in [-0.39, 0.29) is 28.1 Å². The Hall–Kier alpha value is -2.38. The number of aromatic nitrogens is 4. The van der Waals surface area contributed by atoms with Crippen molar-refractivity contribution in [3.05, 3.63) is 56.1 Å².